The van der Waals surface area contributed by atoms with E-state index in [1.807, 2.05) is 0 Å². The van der Waals surface area contributed by atoms with Crippen molar-refractivity contribution in [1.82, 2.24) is 4.90 Å². The Morgan fingerprint density at radius 2 is 1.88 bits per heavy atom. The van der Waals surface area contributed by atoms with Crippen LogP contribution in [0.1, 0.15) is 59.8 Å². The van der Waals surface area contributed by atoms with Gasteiger partial charge in [0.05, 0.1) is 0 Å². The van der Waals surface area contributed by atoms with Crippen molar-refractivity contribution in [1.29, 1.82) is 0 Å². The van der Waals surface area contributed by atoms with Gasteiger partial charge < -0.3 is 10.6 Å². The second kappa shape index (κ2) is 7.38. The fourth-order valence-electron chi connectivity index (χ4n) is 2.91. The molecule has 1 aliphatic heterocycles. The second-order valence-electron chi connectivity index (χ2n) is 6.50. The van der Waals surface area contributed by atoms with E-state index in [2.05, 4.69) is 32.6 Å². The predicted molar refractivity (Wildman–Crippen MR) is 76.1 cm³/mol. The molecule has 0 aliphatic carbocycles. The molecule has 2 N–H and O–H groups in total. The summed E-state index contributed by atoms with van der Waals surface area (Å²) < 4.78 is 0. The molecule has 0 amide bonds. The van der Waals surface area contributed by atoms with Gasteiger partial charge in [-0.1, -0.05) is 20.3 Å². The lowest BCUT2D eigenvalue weighted by Crippen LogP contribution is -2.43. The first-order valence-electron chi connectivity index (χ1n) is 7.48. The molecule has 0 spiro atoms. The molecular weight excluding hydrogens is 208 g/mol. The predicted octanol–water partition coefficient (Wildman–Crippen LogP) is 3.26. The van der Waals surface area contributed by atoms with E-state index in [-0.39, 0.29) is 0 Å². The zero-order valence-corrected chi connectivity index (χ0v) is 12.3. The van der Waals surface area contributed by atoms with E-state index < -0.39 is 0 Å². The van der Waals surface area contributed by atoms with Gasteiger partial charge in [-0.3, -0.25) is 0 Å². The lowest BCUT2D eigenvalue weighted by molar-refractivity contribution is 0.106. The van der Waals surface area contributed by atoms with Gasteiger partial charge in [0.15, 0.2) is 0 Å². The van der Waals surface area contributed by atoms with Crippen LogP contribution in [-0.4, -0.2) is 30.1 Å². The van der Waals surface area contributed by atoms with Crippen LogP contribution in [0.3, 0.4) is 0 Å². The van der Waals surface area contributed by atoms with Crippen molar-refractivity contribution in [2.75, 3.05) is 13.1 Å². The van der Waals surface area contributed by atoms with E-state index in [4.69, 9.17) is 5.73 Å². The SMILES string of the molecule is CC(N)CCCC(C)CN1CC(C)CCC1C. The van der Waals surface area contributed by atoms with Crippen molar-refractivity contribution in [2.45, 2.75) is 71.9 Å². The smallest absolute Gasteiger partial charge is 0.00672 e. The van der Waals surface area contributed by atoms with Crippen LogP contribution in [0.15, 0.2) is 0 Å². The molecule has 0 aromatic heterocycles. The maximum Gasteiger partial charge on any atom is 0.00672 e. The molecule has 0 aromatic carbocycles. The molecule has 0 bridgehead atoms. The average Bonchev–Trinajstić information content (AvgIpc) is 2.23. The molecular formula is C15H32N2. The summed E-state index contributed by atoms with van der Waals surface area (Å²) >= 11 is 0. The molecule has 0 radical (unpaired) electrons. The van der Waals surface area contributed by atoms with Crippen molar-refractivity contribution < 1.29 is 0 Å². The molecule has 2 nitrogen and oxygen atoms in total. The molecule has 1 heterocycles. The van der Waals surface area contributed by atoms with Crippen molar-refractivity contribution >= 4 is 0 Å². The van der Waals surface area contributed by atoms with E-state index in [0.717, 1.165) is 17.9 Å². The van der Waals surface area contributed by atoms with Gasteiger partial charge in [-0.05, 0) is 51.4 Å². The molecule has 4 unspecified atom stereocenters. The highest BCUT2D eigenvalue weighted by atomic mass is 15.2. The highest BCUT2D eigenvalue weighted by Crippen LogP contribution is 2.23. The van der Waals surface area contributed by atoms with Crippen molar-refractivity contribution in [3.63, 3.8) is 0 Å². The number of piperidine rings is 1. The Morgan fingerprint density at radius 3 is 2.53 bits per heavy atom. The number of nitrogens with two attached hydrogens (primary N) is 1. The molecule has 0 aromatic rings. The van der Waals surface area contributed by atoms with Gasteiger partial charge >= 0.3 is 0 Å². The molecule has 102 valence electrons. The summed E-state index contributed by atoms with van der Waals surface area (Å²) in [5.41, 5.74) is 5.79. The van der Waals surface area contributed by atoms with Crippen LogP contribution in [0.25, 0.3) is 0 Å². The Labute approximate surface area is 108 Å². The Morgan fingerprint density at radius 1 is 1.18 bits per heavy atom. The minimum atomic E-state index is 0.371. The minimum Gasteiger partial charge on any atom is -0.328 e. The number of rotatable bonds is 6. The summed E-state index contributed by atoms with van der Waals surface area (Å²) in [4.78, 5) is 2.70. The summed E-state index contributed by atoms with van der Waals surface area (Å²) in [6, 6.07) is 1.17. The third-order valence-electron chi connectivity index (χ3n) is 4.15. The standard InChI is InChI=1S/C15H32N2/c1-12(6-5-7-14(3)16)10-17-11-13(2)8-9-15(17)4/h12-15H,5-11,16H2,1-4H3. The lowest BCUT2D eigenvalue weighted by Gasteiger charge is -2.38. The topological polar surface area (TPSA) is 29.3 Å². The maximum atomic E-state index is 5.79. The quantitative estimate of drug-likeness (QED) is 0.772. The van der Waals surface area contributed by atoms with Gasteiger partial charge in [0, 0.05) is 25.2 Å². The fraction of sp³-hybridized carbons (Fsp3) is 1.00. The van der Waals surface area contributed by atoms with Gasteiger partial charge in [0.1, 0.15) is 0 Å². The van der Waals surface area contributed by atoms with E-state index in [1.165, 1.54) is 45.2 Å². The number of hydrogen-bond acceptors (Lipinski definition) is 2. The van der Waals surface area contributed by atoms with E-state index in [9.17, 15) is 0 Å². The average molecular weight is 240 g/mol. The molecule has 0 saturated carbocycles. The van der Waals surface area contributed by atoms with Crippen molar-refractivity contribution in [2.24, 2.45) is 17.6 Å². The molecule has 1 rings (SSSR count). The normalized spacial score (nSPS) is 30.2. The Balaban J connectivity index is 2.22. The summed E-state index contributed by atoms with van der Waals surface area (Å²) in [5.74, 6) is 1.71. The van der Waals surface area contributed by atoms with Crippen molar-refractivity contribution in [3.05, 3.63) is 0 Å². The highest BCUT2D eigenvalue weighted by Gasteiger charge is 2.23. The molecule has 17 heavy (non-hydrogen) atoms. The van der Waals surface area contributed by atoms with E-state index >= 15 is 0 Å². The zero-order valence-electron chi connectivity index (χ0n) is 12.3. The second-order valence-corrected chi connectivity index (χ2v) is 6.50. The first kappa shape index (κ1) is 15.0. The summed E-state index contributed by atoms with van der Waals surface area (Å²) in [6.45, 7) is 11.9. The molecule has 1 aliphatic rings. The Hall–Kier alpha value is -0.0800. The molecule has 1 fully saturated rings. The summed E-state index contributed by atoms with van der Waals surface area (Å²) in [5, 5.41) is 0. The van der Waals surface area contributed by atoms with Crippen molar-refractivity contribution in [3.8, 4) is 0 Å². The van der Waals surface area contributed by atoms with Crippen LogP contribution in [0, 0.1) is 11.8 Å². The van der Waals surface area contributed by atoms with Crippen LogP contribution < -0.4 is 5.73 Å². The van der Waals surface area contributed by atoms with Gasteiger partial charge in [-0.15, -0.1) is 0 Å². The number of nitrogens with zero attached hydrogens (tertiary/aromatic N) is 1. The summed E-state index contributed by atoms with van der Waals surface area (Å²) in [7, 11) is 0. The Kier molecular flexibility index (Phi) is 6.50. The van der Waals surface area contributed by atoms with E-state index in [0.29, 0.717) is 6.04 Å². The first-order valence-corrected chi connectivity index (χ1v) is 7.48. The maximum absolute atomic E-state index is 5.79. The third-order valence-corrected chi connectivity index (χ3v) is 4.15. The zero-order chi connectivity index (χ0) is 12.8. The van der Waals surface area contributed by atoms with Crippen LogP contribution in [0.5, 0.6) is 0 Å². The number of likely N-dealkylation sites (tertiary alicyclic amines) is 1. The summed E-state index contributed by atoms with van der Waals surface area (Å²) in [6.07, 6.45) is 6.59. The third kappa shape index (κ3) is 5.87. The fourth-order valence-corrected chi connectivity index (χ4v) is 2.91. The monoisotopic (exact) mass is 240 g/mol. The highest BCUT2D eigenvalue weighted by molar-refractivity contribution is 4.78. The van der Waals surface area contributed by atoms with Gasteiger partial charge in [0.2, 0.25) is 0 Å². The minimum absolute atomic E-state index is 0.371. The van der Waals surface area contributed by atoms with Gasteiger partial charge in [-0.25, -0.2) is 0 Å². The molecule has 2 heteroatoms. The van der Waals surface area contributed by atoms with Crippen LogP contribution >= 0.6 is 0 Å². The molecule has 1 saturated heterocycles. The van der Waals surface area contributed by atoms with Gasteiger partial charge in [-0.2, -0.15) is 0 Å². The molecule has 4 atom stereocenters. The van der Waals surface area contributed by atoms with Crippen LogP contribution in [-0.2, 0) is 0 Å². The van der Waals surface area contributed by atoms with Crippen LogP contribution in [0.2, 0.25) is 0 Å². The number of hydrogen-bond donors (Lipinski definition) is 1. The lowest BCUT2D eigenvalue weighted by atomic mass is 9.93. The largest absolute Gasteiger partial charge is 0.328 e. The van der Waals surface area contributed by atoms with Crippen LogP contribution in [0.4, 0.5) is 0 Å². The van der Waals surface area contributed by atoms with Gasteiger partial charge in [0.25, 0.3) is 0 Å². The van der Waals surface area contributed by atoms with E-state index in [1.54, 1.807) is 0 Å². The Bertz CT molecular complexity index is 203. The first-order chi connectivity index (χ1) is 7.99.